The summed E-state index contributed by atoms with van der Waals surface area (Å²) in [5, 5.41) is 14.4. The van der Waals surface area contributed by atoms with Gasteiger partial charge in [0.05, 0.1) is 17.8 Å². The van der Waals surface area contributed by atoms with Crippen LogP contribution in [0.25, 0.3) is 0 Å². The van der Waals surface area contributed by atoms with Crippen LogP contribution in [0.3, 0.4) is 0 Å². The highest BCUT2D eigenvalue weighted by molar-refractivity contribution is 6.29. The van der Waals surface area contributed by atoms with Gasteiger partial charge in [0.2, 0.25) is 5.95 Å². The molecule has 3 aliphatic carbocycles. The van der Waals surface area contributed by atoms with Crippen LogP contribution < -0.4 is 10.2 Å². The van der Waals surface area contributed by atoms with Crippen LogP contribution in [-0.4, -0.2) is 51.5 Å². The maximum Gasteiger partial charge on any atom is 0.226 e. The Labute approximate surface area is 153 Å². The number of aliphatic hydroxyl groups is 1. The van der Waals surface area contributed by atoms with E-state index in [1.807, 2.05) is 6.07 Å². The van der Waals surface area contributed by atoms with Crippen molar-refractivity contribution in [3.05, 3.63) is 11.2 Å². The highest BCUT2D eigenvalue weighted by Crippen LogP contribution is 2.48. The predicted octanol–water partition coefficient (Wildman–Crippen LogP) is 2.99. The molecule has 1 saturated heterocycles. The highest BCUT2D eigenvalue weighted by atomic mass is 35.5. The molecule has 2 bridgehead atoms. The Balaban J connectivity index is 1.54. The Morgan fingerprint density at radius 1 is 1.12 bits per heavy atom. The van der Waals surface area contributed by atoms with Crippen molar-refractivity contribution in [1.29, 1.82) is 0 Å². The third-order valence-corrected chi connectivity index (χ3v) is 6.20. The van der Waals surface area contributed by atoms with Crippen molar-refractivity contribution >= 4 is 23.4 Å². The standard InChI is InChI=1S/C18H27ClN4O2/c1-12-10-23(11-13(2)25-12)15-9-14(19)20-16(21-15)22-17-3-6-18(24,7-4-17)8-5-17/h9,12-13,24H,3-8,10-11H2,1-2H3,(H,20,21,22)/t12-,13+,17?,18?. The Morgan fingerprint density at radius 3 is 2.32 bits per heavy atom. The molecule has 2 atom stereocenters. The second-order valence-electron chi connectivity index (χ2n) is 8.16. The third kappa shape index (κ3) is 3.57. The minimum Gasteiger partial charge on any atom is -0.390 e. The molecule has 0 amide bonds. The number of nitrogens with zero attached hydrogens (tertiary/aromatic N) is 3. The molecule has 4 fully saturated rings. The summed E-state index contributed by atoms with van der Waals surface area (Å²) in [5.74, 6) is 1.45. The molecule has 6 nitrogen and oxygen atoms in total. The van der Waals surface area contributed by atoms with Gasteiger partial charge in [-0.3, -0.25) is 0 Å². The van der Waals surface area contributed by atoms with Gasteiger partial charge >= 0.3 is 0 Å². The molecular weight excluding hydrogens is 340 g/mol. The fourth-order valence-electron chi connectivity index (χ4n) is 4.58. The first-order chi connectivity index (χ1) is 11.8. The minimum absolute atomic E-state index is 0.00196. The van der Waals surface area contributed by atoms with Crippen LogP contribution in [0.4, 0.5) is 11.8 Å². The van der Waals surface area contributed by atoms with Gasteiger partial charge in [-0.15, -0.1) is 0 Å². The van der Waals surface area contributed by atoms with Crippen LogP contribution in [0, 0.1) is 0 Å². The lowest BCUT2D eigenvalue weighted by atomic mass is 9.63. The lowest BCUT2D eigenvalue weighted by Gasteiger charge is -2.51. The van der Waals surface area contributed by atoms with Crippen LogP contribution in [0.1, 0.15) is 52.4 Å². The number of rotatable bonds is 3. The number of anilines is 2. The summed E-state index contributed by atoms with van der Waals surface area (Å²) in [6.45, 7) is 5.76. The van der Waals surface area contributed by atoms with E-state index in [1.165, 1.54) is 0 Å². The fraction of sp³-hybridized carbons (Fsp3) is 0.778. The zero-order chi connectivity index (χ0) is 17.7. The van der Waals surface area contributed by atoms with Gasteiger partial charge in [0.15, 0.2) is 0 Å². The summed E-state index contributed by atoms with van der Waals surface area (Å²) >= 11 is 6.29. The first-order valence-electron chi connectivity index (χ1n) is 9.30. The average molecular weight is 367 g/mol. The lowest BCUT2D eigenvalue weighted by Crippen LogP contribution is -2.54. The number of halogens is 1. The summed E-state index contributed by atoms with van der Waals surface area (Å²) in [4.78, 5) is 11.4. The number of morpholine rings is 1. The van der Waals surface area contributed by atoms with Crippen LogP contribution in [0.15, 0.2) is 6.07 Å². The first-order valence-corrected chi connectivity index (χ1v) is 9.68. The molecule has 0 radical (unpaired) electrons. The average Bonchev–Trinajstić information content (AvgIpc) is 2.55. The zero-order valence-corrected chi connectivity index (χ0v) is 15.7. The number of hydrogen-bond donors (Lipinski definition) is 2. The maximum absolute atomic E-state index is 10.4. The van der Waals surface area contributed by atoms with Gasteiger partial charge in [0.1, 0.15) is 11.0 Å². The van der Waals surface area contributed by atoms with E-state index in [-0.39, 0.29) is 17.7 Å². The van der Waals surface area contributed by atoms with E-state index in [9.17, 15) is 5.11 Å². The maximum atomic E-state index is 10.4. The van der Waals surface area contributed by atoms with Crippen LogP contribution >= 0.6 is 11.6 Å². The number of aromatic nitrogens is 2. The van der Waals surface area contributed by atoms with Gasteiger partial charge in [-0.05, 0) is 52.4 Å². The third-order valence-electron chi connectivity index (χ3n) is 6.01. The SMILES string of the molecule is C[C@@H]1CN(c2cc(Cl)nc(NC34CCC(O)(CC3)CC4)n2)C[C@H](C)O1. The Morgan fingerprint density at radius 2 is 1.72 bits per heavy atom. The molecule has 7 heteroatoms. The molecule has 3 saturated carbocycles. The second kappa shape index (κ2) is 6.25. The summed E-state index contributed by atoms with van der Waals surface area (Å²) in [5.41, 5.74) is -0.443. The highest BCUT2D eigenvalue weighted by Gasteiger charge is 2.48. The van der Waals surface area contributed by atoms with E-state index in [0.29, 0.717) is 11.1 Å². The van der Waals surface area contributed by atoms with Crippen molar-refractivity contribution < 1.29 is 9.84 Å². The molecule has 0 unspecified atom stereocenters. The topological polar surface area (TPSA) is 70.5 Å². The van der Waals surface area contributed by atoms with Gasteiger partial charge in [-0.1, -0.05) is 11.6 Å². The Hall–Kier alpha value is -1.11. The van der Waals surface area contributed by atoms with Gasteiger partial charge < -0.3 is 20.1 Å². The second-order valence-corrected chi connectivity index (χ2v) is 8.55. The van der Waals surface area contributed by atoms with E-state index in [2.05, 4.69) is 29.0 Å². The van der Waals surface area contributed by atoms with Gasteiger partial charge in [-0.2, -0.15) is 4.98 Å². The monoisotopic (exact) mass is 366 g/mol. The van der Waals surface area contributed by atoms with E-state index in [4.69, 9.17) is 21.3 Å². The number of hydrogen-bond acceptors (Lipinski definition) is 6. The number of ether oxygens (including phenoxy) is 1. The van der Waals surface area contributed by atoms with E-state index >= 15 is 0 Å². The van der Waals surface area contributed by atoms with Crippen LogP contribution in [0.2, 0.25) is 5.15 Å². The Kier molecular flexibility index (Phi) is 4.33. The van der Waals surface area contributed by atoms with Crippen molar-refractivity contribution in [2.75, 3.05) is 23.3 Å². The molecule has 2 heterocycles. The summed E-state index contributed by atoms with van der Waals surface area (Å²) < 4.78 is 5.81. The molecule has 0 aromatic carbocycles. The summed E-state index contributed by atoms with van der Waals surface area (Å²) in [6.07, 6.45) is 5.77. The Bertz CT molecular complexity index is 621. The molecule has 25 heavy (non-hydrogen) atoms. The van der Waals surface area contributed by atoms with E-state index in [0.717, 1.165) is 57.4 Å². The number of fused-ring (bicyclic) bond motifs is 3. The number of nitrogens with one attached hydrogen (secondary N) is 1. The van der Waals surface area contributed by atoms with E-state index in [1.54, 1.807) is 0 Å². The van der Waals surface area contributed by atoms with Crippen molar-refractivity contribution in [2.24, 2.45) is 0 Å². The van der Waals surface area contributed by atoms with Gasteiger partial charge in [0, 0.05) is 24.7 Å². The normalized spacial score (nSPS) is 38.0. The van der Waals surface area contributed by atoms with Crippen molar-refractivity contribution in [3.63, 3.8) is 0 Å². The molecule has 1 aliphatic heterocycles. The van der Waals surface area contributed by atoms with Crippen LogP contribution in [0.5, 0.6) is 0 Å². The van der Waals surface area contributed by atoms with E-state index < -0.39 is 5.60 Å². The lowest BCUT2D eigenvalue weighted by molar-refractivity contribution is -0.0581. The molecule has 4 aliphatic rings. The quantitative estimate of drug-likeness (QED) is 0.801. The largest absolute Gasteiger partial charge is 0.390 e. The van der Waals surface area contributed by atoms with Crippen molar-refractivity contribution in [3.8, 4) is 0 Å². The smallest absolute Gasteiger partial charge is 0.226 e. The molecule has 2 N–H and O–H groups in total. The molecule has 1 aromatic rings. The first kappa shape index (κ1) is 17.3. The molecular formula is C18H27ClN4O2. The summed E-state index contributed by atoms with van der Waals surface area (Å²) in [7, 11) is 0. The van der Waals surface area contributed by atoms with Gasteiger partial charge in [0.25, 0.3) is 0 Å². The zero-order valence-electron chi connectivity index (χ0n) is 15.0. The molecule has 138 valence electrons. The molecule has 1 aromatic heterocycles. The van der Waals surface area contributed by atoms with Crippen molar-refractivity contribution in [1.82, 2.24) is 9.97 Å². The fourth-order valence-corrected chi connectivity index (χ4v) is 4.76. The van der Waals surface area contributed by atoms with Crippen LogP contribution in [-0.2, 0) is 4.74 Å². The van der Waals surface area contributed by atoms with Gasteiger partial charge in [-0.25, -0.2) is 4.98 Å². The summed E-state index contributed by atoms with van der Waals surface area (Å²) in [6, 6.07) is 1.83. The minimum atomic E-state index is -0.441. The van der Waals surface area contributed by atoms with Crippen molar-refractivity contribution in [2.45, 2.75) is 75.7 Å². The molecule has 0 spiro atoms. The molecule has 5 rings (SSSR count). The predicted molar refractivity (Wildman–Crippen MR) is 98.3 cm³/mol.